The van der Waals surface area contributed by atoms with Crippen LogP contribution >= 0.6 is 0 Å². The van der Waals surface area contributed by atoms with Crippen molar-refractivity contribution in [3.63, 3.8) is 0 Å². The van der Waals surface area contributed by atoms with E-state index in [0.717, 1.165) is 5.56 Å². The number of aliphatic hydroxyl groups excluding tert-OH is 1. The Bertz CT molecular complexity index is 2110. The molecule has 82 heavy (non-hydrogen) atoms. The number of methoxy groups -OCH3 is 3. The monoisotopic (exact) mass is 1160 g/mol. The van der Waals surface area contributed by atoms with E-state index < -0.39 is 96.6 Å². The van der Waals surface area contributed by atoms with Gasteiger partial charge in [-0.15, -0.1) is 0 Å². The number of nitrogens with zero attached hydrogens (tertiary/aromatic N) is 3. The van der Waals surface area contributed by atoms with Crippen LogP contribution in [0.15, 0.2) is 30.3 Å². The number of amides is 7. The van der Waals surface area contributed by atoms with Crippen molar-refractivity contribution in [3.8, 4) is 0 Å². The smallest absolute Gasteiger partial charge is 0.407 e. The van der Waals surface area contributed by atoms with E-state index in [0.29, 0.717) is 32.2 Å². The van der Waals surface area contributed by atoms with Gasteiger partial charge in [0.2, 0.25) is 35.4 Å². The van der Waals surface area contributed by atoms with Gasteiger partial charge in [0, 0.05) is 60.9 Å². The molecular formula is C59H102N8O15. The lowest BCUT2D eigenvalue weighted by Crippen LogP contribution is -2.59. The van der Waals surface area contributed by atoms with Gasteiger partial charge in [0.05, 0.1) is 62.0 Å². The van der Waals surface area contributed by atoms with Crippen LogP contribution in [-0.4, -0.2) is 210 Å². The number of hydrogen-bond acceptors (Lipinski definition) is 16. The molecule has 1 aliphatic rings. The largest absolute Gasteiger partial charge is 0.464 e. The first-order valence-corrected chi connectivity index (χ1v) is 29.2. The molecule has 0 radical (unpaired) electrons. The van der Waals surface area contributed by atoms with E-state index in [4.69, 9.17) is 28.4 Å². The highest BCUT2D eigenvalue weighted by Gasteiger charge is 2.44. The molecule has 1 heterocycles. The molecule has 23 heteroatoms. The van der Waals surface area contributed by atoms with Crippen molar-refractivity contribution in [2.75, 3.05) is 81.9 Å². The average molecular weight is 1160 g/mol. The molecule has 6 N–H and O–H groups in total. The van der Waals surface area contributed by atoms with E-state index in [9.17, 15) is 43.5 Å². The molecule has 1 aliphatic heterocycles. The Morgan fingerprint density at radius 2 is 1.40 bits per heavy atom. The normalized spacial score (nSPS) is 17.6. The van der Waals surface area contributed by atoms with E-state index >= 15 is 0 Å². The second kappa shape index (κ2) is 37.7. The second-order valence-electron chi connectivity index (χ2n) is 22.6. The van der Waals surface area contributed by atoms with Gasteiger partial charge in [0.15, 0.2) is 6.29 Å². The molecule has 23 nitrogen and oxygen atoms in total. The van der Waals surface area contributed by atoms with Crippen LogP contribution in [0.1, 0.15) is 120 Å². The highest BCUT2D eigenvalue weighted by molar-refractivity contribution is 5.91. The predicted octanol–water partition coefficient (Wildman–Crippen LogP) is 3.43. The summed E-state index contributed by atoms with van der Waals surface area (Å²) in [4.78, 5) is 114. The third-order valence-corrected chi connectivity index (χ3v) is 15.2. The quantitative estimate of drug-likeness (QED) is 0.0314. The lowest BCUT2D eigenvalue weighted by atomic mass is 9.89. The molecule has 2 unspecified atom stereocenters. The van der Waals surface area contributed by atoms with E-state index in [1.807, 2.05) is 97.8 Å². The van der Waals surface area contributed by atoms with E-state index in [1.165, 1.54) is 21.3 Å². The van der Waals surface area contributed by atoms with Gasteiger partial charge in [0.25, 0.3) is 0 Å². The van der Waals surface area contributed by atoms with Crippen LogP contribution in [0.4, 0.5) is 4.79 Å². The molecule has 7 amide bonds. The van der Waals surface area contributed by atoms with Crippen molar-refractivity contribution < 1.29 is 71.9 Å². The Morgan fingerprint density at radius 3 is 1.95 bits per heavy atom. The third kappa shape index (κ3) is 23.3. The number of hydrogen-bond donors (Lipinski definition) is 6. The van der Waals surface area contributed by atoms with Crippen molar-refractivity contribution in [2.24, 2.45) is 29.6 Å². The number of carbonyl (C=O) groups excluding carboxylic acids is 8. The van der Waals surface area contributed by atoms with Crippen LogP contribution < -0.4 is 26.6 Å². The molecule has 1 aromatic carbocycles. The molecule has 468 valence electrons. The zero-order valence-corrected chi connectivity index (χ0v) is 52.0. The Kier molecular flexibility index (Phi) is 33.4. The van der Waals surface area contributed by atoms with Gasteiger partial charge in [-0.2, -0.15) is 0 Å². The van der Waals surface area contributed by atoms with Crippen LogP contribution in [0.25, 0.3) is 0 Å². The number of benzene rings is 1. The summed E-state index contributed by atoms with van der Waals surface area (Å²) in [6.07, 6.45) is -1.04. The van der Waals surface area contributed by atoms with Crippen molar-refractivity contribution in [2.45, 2.75) is 181 Å². The minimum atomic E-state index is -1.01. The summed E-state index contributed by atoms with van der Waals surface area (Å²) in [6.45, 7) is 18.6. The van der Waals surface area contributed by atoms with Gasteiger partial charge in [0.1, 0.15) is 24.7 Å². The Labute approximate surface area is 488 Å². The number of carbonyl (C=O) groups is 8. The maximum atomic E-state index is 14.5. The first-order chi connectivity index (χ1) is 38.8. The van der Waals surface area contributed by atoms with E-state index in [-0.39, 0.29) is 100.0 Å². The van der Waals surface area contributed by atoms with Crippen molar-refractivity contribution >= 4 is 47.5 Å². The summed E-state index contributed by atoms with van der Waals surface area (Å²) in [5.41, 5.74) is 0.799. The molecule has 0 aromatic heterocycles. The minimum absolute atomic E-state index is 0.00309. The molecule has 1 saturated heterocycles. The third-order valence-electron chi connectivity index (χ3n) is 15.2. The zero-order valence-electron chi connectivity index (χ0n) is 52.0. The lowest BCUT2D eigenvalue weighted by Gasteiger charge is -2.41. The fourth-order valence-corrected chi connectivity index (χ4v) is 10.3. The van der Waals surface area contributed by atoms with Crippen LogP contribution in [0.2, 0.25) is 0 Å². The first kappa shape index (κ1) is 72.6. The topological polar surface area (TPSA) is 282 Å². The first-order valence-electron chi connectivity index (χ1n) is 29.2. The van der Waals surface area contributed by atoms with Crippen LogP contribution in [0.5, 0.6) is 0 Å². The van der Waals surface area contributed by atoms with Crippen molar-refractivity contribution in [1.29, 1.82) is 0 Å². The summed E-state index contributed by atoms with van der Waals surface area (Å²) in [5.74, 6) is -4.32. The molecular weight excluding hydrogens is 1060 g/mol. The Balaban J connectivity index is 2.11. The van der Waals surface area contributed by atoms with Gasteiger partial charge >= 0.3 is 12.1 Å². The van der Waals surface area contributed by atoms with Crippen LogP contribution in [0, 0.1) is 29.6 Å². The molecule has 1 aromatic rings. The molecule has 0 aliphatic carbocycles. The summed E-state index contributed by atoms with van der Waals surface area (Å²) in [7, 11) is 9.78. The maximum Gasteiger partial charge on any atom is 0.407 e. The number of likely N-dealkylation sites (N-methyl/N-ethyl adjacent to an activating group) is 2. The average Bonchev–Trinajstić information content (AvgIpc) is 4.10. The number of nitrogens with one attached hydrogen (secondary N) is 5. The molecule has 0 saturated carbocycles. The molecule has 0 spiro atoms. The number of likely N-dealkylation sites (tertiary alicyclic amines) is 1. The number of ether oxygens (including phenoxy) is 6. The summed E-state index contributed by atoms with van der Waals surface area (Å²) in [6, 6.07) is 4.94. The Morgan fingerprint density at radius 1 is 0.744 bits per heavy atom. The number of aliphatic hydroxyl groups is 1. The highest BCUT2D eigenvalue weighted by Crippen LogP contribution is 2.30. The van der Waals surface area contributed by atoms with E-state index in [1.54, 1.807) is 37.6 Å². The van der Waals surface area contributed by atoms with Gasteiger partial charge in [-0.25, -0.2) is 9.59 Å². The number of rotatable bonds is 38. The predicted molar refractivity (Wildman–Crippen MR) is 310 cm³/mol. The minimum Gasteiger partial charge on any atom is -0.464 e. The standard InChI is InChI=1S/C59H102N8O15/c1-17-39(9)52(66(13)57(74)49(36(3)4)64-56(73)51(38(7)8)65(11)12)45(77-14)33-47(70)67-30-22-26-44(67)53(79-16)40(10)54(71)62-43(32-41-24-20-19-21-25-41)55(72)60-28-23-31-80-58(75)50(37(5)6)63-46(69)27-29-61-59(76)81-35-48(78-15)82-42(18-2)34-68/h19-21,24-25,36-40,42-45,48-53,68H,17-18,22-23,26-35H2,1-16H3,(H,60,72)(H,61,76)(H,62,71)(H,63,69)(H,64,73)/t39-,40+,42?,43-,44-,45+,48?,49-,50-,51-,52-,53+/m0/s1. The SMILES string of the molecule is CCC(CO)OC(COC(=O)NCCC(=O)N[C@H](C(=O)OCCCNC(=O)[C@H](Cc1ccccc1)NC(=O)[C@H](C)[C@@H](OC)[C@@H]1CCCN1C(=O)C[C@@H](OC)[C@H]([C@@H](C)CC)N(C)C(=O)[C@@H](NC(=O)[C@H](C(C)C)N(C)C)C(C)C)C(C)C)OC. The number of esters is 1. The van der Waals surface area contributed by atoms with Gasteiger partial charge in [-0.1, -0.05) is 106 Å². The van der Waals surface area contributed by atoms with Gasteiger partial charge < -0.3 is 69.9 Å². The second-order valence-corrected chi connectivity index (χ2v) is 22.6. The summed E-state index contributed by atoms with van der Waals surface area (Å²) in [5, 5.41) is 23.3. The molecule has 2 rings (SSSR count). The maximum absolute atomic E-state index is 14.5. The van der Waals surface area contributed by atoms with Crippen LogP contribution in [-0.2, 0) is 68.4 Å². The van der Waals surface area contributed by atoms with Crippen LogP contribution in [0.3, 0.4) is 0 Å². The number of alkyl carbamates (subject to hydrolysis) is 1. The Hall–Kier alpha value is -5.46. The lowest BCUT2D eigenvalue weighted by molar-refractivity contribution is -0.181. The van der Waals surface area contributed by atoms with Gasteiger partial charge in [-0.05, 0) is 69.0 Å². The highest BCUT2D eigenvalue weighted by atomic mass is 16.7. The van der Waals surface area contributed by atoms with Crippen molar-refractivity contribution in [1.82, 2.24) is 41.3 Å². The molecule has 0 bridgehead atoms. The fourth-order valence-electron chi connectivity index (χ4n) is 10.3. The fraction of sp³-hybridized carbons (Fsp3) is 0.763. The molecule has 1 fully saturated rings. The van der Waals surface area contributed by atoms with E-state index in [2.05, 4.69) is 26.6 Å². The summed E-state index contributed by atoms with van der Waals surface area (Å²) >= 11 is 0. The van der Waals surface area contributed by atoms with Gasteiger partial charge in [-0.3, -0.25) is 33.7 Å². The van der Waals surface area contributed by atoms with Crippen molar-refractivity contribution in [3.05, 3.63) is 35.9 Å². The molecule has 12 atom stereocenters. The zero-order chi connectivity index (χ0) is 61.8. The summed E-state index contributed by atoms with van der Waals surface area (Å²) < 4.78 is 33.4.